The highest BCUT2D eigenvalue weighted by molar-refractivity contribution is 6.02. The Morgan fingerprint density at radius 2 is 1.93 bits per heavy atom. The van der Waals surface area contributed by atoms with E-state index in [1.54, 1.807) is 12.1 Å². The topological polar surface area (TPSA) is 99.1 Å². The lowest BCUT2D eigenvalue weighted by molar-refractivity contribution is -0.111. The van der Waals surface area contributed by atoms with E-state index in [0.717, 1.165) is 6.08 Å². The fourth-order valence-corrected chi connectivity index (χ4v) is 2.85. The van der Waals surface area contributed by atoms with Crippen LogP contribution in [0.4, 0.5) is 5.69 Å². The van der Waals surface area contributed by atoms with Gasteiger partial charge in [-0.15, -0.1) is 0 Å². The lowest BCUT2D eigenvalue weighted by Gasteiger charge is -2.18. The highest BCUT2D eigenvalue weighted by Crippen LogP contribution is 2.26. The molecule has 0 bridgehead atoms. The van der Waals surface area contributed by atoms with Gasteiger partial charge >= 0.3 is 0 Å². The average Bonchev–Trinajstić information content (AvgIpc) is 3.04. The minimum absolute atomic E-state index is 0.114. The van der Waals surface area contributed by atoms with Gasteiger partial charge in [-0.1, -0.05) is 24.8 Å². The zero-order valence-electron chi connectivity index (χ0n) is 14.5. The number of likely N-dealkylation sites (tertiary alicyclic amines) is 1. The van der Waals surface area contributed by atoms with Crippen LogP contribution < -0.4 is 10.1 Å². The average molecular weight is 368 g/mol. The Hall–Kier alpha value is -3.32. The van der Waals surface area contributed by atoms with E-state index in [4.69, 9.17) is 4.74 Å². The molecule has 1 aliphatic heterocycles. The Morgan fingerprint density at radius 3 is 2.63 bits per heavy atom. The van der Waals surface area contributed by atoms with Crippen LogP contribution in [0.5, 0.6) is 11.5 Å². The third-order valence-electron chi connectivity index (χ3n) is 4.24. The number of rotatable bonds is 5. The van der Waals surface area contributed by atoms with Crippen LogP contribution in [0.3, 0.4) is 0 Å². The van der Waals surface area contributed by atoms with Crippen LogP contribution >= 0.6 is 0 Å². The lowest BCUT2D eigenvalue weighted by Crippen LogP contribution is -2.31. The Bertz CT molecular complexity index is 853. The van der Waals surface area contributed by atoms with E-state index in [-0.39, 0.29) is 36.0 Å². The molecule has 3 rings (SSSR count). The van der Waals surface area contributed by atoms with Gasteiger partial charge < -0.3 is 25.2 Å². The molecule has 2 aromatic rings. The Morgan fingerprint density at radius 1 is 1.19 bits per heavy atom. The van der Waals surface area contributed by atoms with E-state index in [1.165, 1.54) is 23.1 Å². The van der Waals surface area contributed by atoms with Crippen LogP contribution in [-0.2, 0) is 4.79 Å². The van der Waals surface area contributed by atoms with Gasteiger partial charge in [0.2, 0.25) is 5.91 Å². The van der Waals surface area contributed by atoms with Crippen LogP contribution in [0.15, 0.2) is 61.2 Å². The highest BCUT2D eigenvalue weighted by atomic mass is 16.5. The van der Waals surface area contributed by atoms with Crippen LogP contribution in [-0.4, -0.2) is 52.2 Å². The van der Waals surface area contributed by atoms with E-state index in [9.17, 15) is 19.8 Å². The van der Waals surface area contributed by atoms with Crippen molar-refractivity contribution in [2.24, 2.45) is 0 Å². The molecular formula is C20H20N2O5. The standard InChI is InChI=1S/C20H20N2O5/c1-2-19(25)21-15-10-13(8-9-16(15)23)20(26)22-11-17(24)18(12-22)27-14-6-4-3-5-7-14/h2-10,17-18,23-24H,1,11-12H2,(H,21,25)/t17-,18-/m1/s1. The summed E-state index contributed by atoms with van der Waals surface area (Å²) in [6.45, 7) is 3.70. The molecule has 0 aromatic heterocycles. The second-order valence-corrected chi connectivity index (χ2v) is 6.17. The summed E-state index contributed by atoms with van der Waals surface area (Å²) in [5.74, 6) is -0.367. The molecule has 7 heteroatoms. The Labute approximate surface area is 156 Å². The second kappa shape index (κ2) is 7.92. The van der Waals surface area contributed by atoms with Gasteiger partial charge in [0.15, 0.2) is 0 Å². The van der Waals surface area contributed by atoms with Crippen LogP contribution in [0.1, 0.15) is 10.4 Å². The third-order valence-corrected chi connectivity index (χ3v) is 4.24. The molecule has 1 saturated heterocycles. The third kappa shape index (κ3) is 4.27. The van der Waals surface area contributed by atoms with Crippen molar-refractivity contribution in [1.29, 1.82) is 0 Å². The maximum absolute atomic E-state index is 12.8. The van der Waals surface area contributed by atoms with Crippen LogP contribution in [0.2, 0.25) is 0 Å². The van der Waals surface area contributed by atoms with Gasteiger partial charge in [0.05, 0.1) is 18.8 Å². The number of carbonyl (C=O) groups excluding carboxylic acids is 2. The molecule has 0 spiro atoms. The molecule has 0 unspecified atom stereocenters. The maximum Gasteiger partial charge on any atom is 0.254 e. The minimum Gasteiger partial charge on any atom is -0.506 e. The number of β-amino-alcohol motifs (C(OH)–C–C–N with tert-alkyl or cyclic N) is 1. The number of carbonyl (C=O) groups is 2. The summed E-state index contributed by atoms with van der Waals surface area (Å²) >= 11 is 0. The molecule has 7 nitrogen and oxygen atoms in total. The summed E-state index contributed by atoms with van der Waals surface area (Å²) in [4.78, 5) is 25.7. The van der Waals surface area contributed by atoms with Gasteiger partial charge in [-0.2, -0.15) is 0 Å². The number of hydrogen-bond acceptors (Lipinski definition) is 5. The van der Waals surface area contributed by atoms with Gasteiger partial charge in [0, 0.05) is 5.56 Å². The summed E-state index contributed by atoms with van der Waals surface area (Å²) in [5.41, 5.74) is 0.391. The summed E-state index contributed by atoms with van der Waals surface area (Å²) in [6.07, 6.45) is -0.282. The van der Waals surface area contributed by atoms with Crippen molar-refractivity contribution in [3.63, 3.8) is 0 Å². The Balaban J connectivity index is 1.71. The van der Waals surface area contributed by atoms with E-state index in [0.29, 0.717) is 5.75 Å². The number of aliphatic hydroxyl groups is 1. The predicted octanol–water partition coefficient (Wildman–Crippen LogP) is 1.78. The first-order valence-corrected chi connectivity index (χ1v) is 8.43. The number of para-hydroxylation sites is 1. The van der Waals surface area contributed by atoms with Crippen molar-refractivity contribution in [1.82, 2.24) is 4.90 Å². The molecule has 1 fully saturated rings. The molecule has 0 aliphatic carbocycles. The van der Waals surface area contributed by atoms with E-state index < -0.39 is 18.1 Å². The number of phenolic OH excluding ortho intramolecular Hbond substituents is 1. The highest BCUT2D eigenvalue weighted by Gasteiger charge is 2.36. The number of anilines is 1. The van der Waals surface area contributed by atoms with Crippen molar-refractivity contribution in [3.05, 3.63) is 66.7 Å². The molecule has 1 heterocycles. The summed E-state index contributed by atoms with van der Waals surface area (Å²) in [7, 11) is 0. The molecule has 1 aliphatic rings. The molecule has 3 N–H and O–H groups in total. The number of nitrogens with zero attached hydrogens (tertiary/aromatic N) is 1. The first-order chi connectivity index (χ1) is 13.0. The number of phenols is 1. The zero-order chi connectivity index (χ0) is 19.4. The summed E-state index contributed by atoms with van der Waals surface area (Å²) in [5, 5.41) is 22.5. The van der Waals surface area contributed by atoms with Gasteiger partial charge in [-0.25, -0.2) is 0 Å². The van der Waals surface area contributed by atoms with Gasteiger partial charge in [0.25, 0.3) is 5.91 Å². The molecule has 0 radical (unpaired) electrons. The molecular weight excluding hydrogens is 348 g/mol. The number of hydrogen-bond donors (Lipinski definition) is 3. The molecule has 140 valence electrons. The van der Waals surface area contributed by atoms with Crippen molar-refractivity contribution in [2.75, 3.05) is 18.4 Å². The van der Waals surface area contributed by atoms with E-state index in [2.05, 4.69) is 11.9 Å². The van der Waals surface area contributed by atoms with E-state index in [1.807, 2.05) is 18.2 Å². The number of aromatic hydroxyl groups is 1. The van der Waals surface area contributed by atoms with Gasteiger partial charge in [-0.3, -0.25) is 9.59 Å². The first-order valence-electron chi connectivity index (χ1n) is 8.43. The Kier molecular flexibility index (Phi) is 5.42. The first kappa shape index (κ1) is 18.5. The van der Waals surface area contributed by atoms with Gasteiger partial charge in [-0.05, 0) is 36.4 Å². The number of nitrogens with one attached hydrogen (secondary N) is 1. The second-order valence-electron chi connectivity index (χ2n) is 6.17. The molecule has 2 atom stereocenters. The summed E-state index contributed by atoms with van der Waals surface area (Å²) < 4.78 is 5.76. The lowest BCUT2D eigenvalue weighted by atomic mass is 10.1. The fourth-order valence-electron chi connectivity index (χ4n) is 2.85. The number of amides is 2. The zero-order valence-corrected chi connectivity index (χ0v) is 14.5. The molecule has 2 amide bonds. The van der Waals surface area contributed by atoms with E-state index >= 15 is 0 Å². The molecule has 27 heavy (non-hydrogen) atoms. The normalized spacial score (nSPS) is 18.8. The minimum atomic E-state index is -0.814. The molecule has 2 aromatic carbocycles. The van der Waals surface area contributed by atoms with Crippen LogP contribution in [0, 0.1) is 0 Å². The largest absolute Gasteiger partial charge is 0.506 e. The summed E-state index contributed by atoms with van der Waals surface area (Å²) in [6, 6.07) is 13.3. The van der Waals surface area contributed by atoms with Crippen molar-refractivity contribution in [2.45, 2.75) is 12.2 Å². The smallest absolute Gasteiger partial charge is 0.254 e. The van der Waals surface area contributed by atoms with Crippen LogP contribution in [0.25, 0.3) is 0 Å². The van der Waals surface area contributed by atoms with Crippen molar-refractivity contribution < 1.29 is 24.5 Å². The van der Waals surface area contributed by atoms with Crippen molar-refractivity contribution >= 4 is 17.5 Å². The predicted molar refractivity (Wildman–Crippen MR) is 99.7 cm³/mol. The maximum atomic E-state index is 12.8. The molecule has 0 saturated carbocycles. The number of aliphatic hydroxyl groups excluding tert-OH is 1. The SMILES string of the molecule is C=CC(=O)Nc1cc(C(=O)N2C[C@@H](O)[C@H](Oc3ccccc3)C2)ccc1O. The number of ether oxygens (including phenoxy) is 1. The van der Waals surface area contributed by atoms with Gasteiger partial charge in [0.1, 0.15) is 23.7 Å². The monoisotopic (exact) mass is 368 g/mol. The quantitative estimate of drug-likeness (QED) is 0.552. The van der Waals surface area contributed by atoms with Crippen molar-refractivity contribution in [3.8, 4) is 11.5 Å². The fraction of sp³-hybridized carbons (Fsp3) is 0.200. The number of benzene rings is 2.